The highest BCUT2D eigenvalue weighted by Gasteiger charge is 2.13. The van der Waals surface area contributed by atoms with Gasteiger partial charge in [0.1, 0.15) is 11.5 Å². The molecular formula is C19H26ClNO3S. The maximum absolute atomic E-state index is 10.9. The Morgan fingerprint density at radius 2 is 1.72 bits per heavy atom. The van der Waals surface area contributed by atoms with Gasteiger partial charge in [0.15, 0.2) is 0 Å². The van der Waals surface area contributed by atoms with Crippen LogP contribution in [0.1, 0.15) is 18.4 Å². The van der Waals surface area contributed by atoms with E-state index in [1.807, 2.05) is 50.5 Å². The lowest BCUT2D eigenvalue weighted by atomic mass is 10.0. The number of nitrogens with zero attached hydrogens (tertiary/aromatic N) is 1. The largest absolute Gasteiger partial charge is 0.481 e. The third kappa shape index (κ3) is 9.39. The van der Waals surface area contributed by atoms with Gasteiger partial charge < -0.3 is 14.7 Å². The predicted octanol–water partition coefficient (Wildman–Crippen LogP) is 4.57. The summed E-state index contributed by atoms with van der Waals surface area (Å²) in [5.74, 6) is 0.952. The van der Waals surface area contributed by atoms with Crippen LogP contribution in [0, 0.1) is 0 Å². The molecule has 6 heteroatoms. The number of aliphatic carboxylic acids is 1. The molecule has 0 bridgehead atoms. The molecule has 25 heavy (non-hydrogen) atoms. The van der Waals surface area contributed by atoms with Crippen molar-refractivity contribution in [3.63, 3.8) is 0 Å². The van der Waals surface area contributed by atoms with E-state index >= 15 is 0 Å². The molecule has 0 fully saturated rings. The van der Waals surface area contributed by atoms with Gasteiger partial charge in [-0.2, -0.15) is 12.6 Å². The van der Waals surface area contributed by atoms with Crippen molar-refractivity contribution in [1.82, 2.24) is 4.90 Å². The molecule has 0 aliphatic heterocycles. The molecule has 0 amide bonds. The Hall–Kier alpha value is -1.69. The Labute approximate surface area is 161 Å². The van der Waals surface area contributed by atoms with Crippen LogP contribution in [0.2, 0.25) is 0 Å². The second-order valence-corrected chi connectivity index (χ2v) is 6.02. The fraction of sp³-hybridized carbons (Fsp3) is 0.316. The number of hydrogen-bond donors (Lipinski definition) is 2. The van der Waals surface area contributed by atoms with Crippen LogP contribution in [0.5, 0.6) is 11.5 Å². The number of ether oxygens (including phenoxy) is 1. The maximum atomic E-state index is 10.9. The third-order valence-electron chi connectivity index (χ3n) is 3.25. The number of benzene rings is 2. The number of carboxylic acids is 1. The average molecular weight is 384 g/mol. The van der Waals surface area contributed by atoms with Crippen molar-refractivity contribution in [1.29, 1.82) is 0 Å². The maximum Gasteiger partial charge on any atom is 0.310 e. The molecule has 2 aromatic carbocycles. The molecule has 0 aliphatic rings. The standard InChI is InChI=1S/C15H14O3.C4H11NS.ClH/c1-11(15(16)17)12-6-5-9-14(10-12)18-13-7-3-2-4-8-13;1-5(2)3-4-6;/h2-11H,1H3,(H,16,17);6H,3-4H2,1-2H3;1H. The van der Waals surface area contributed by atoms with Crippen LogP contribution >= 0.6 is 25.0 Å². The fourth-order valence-corrected chi connectivity index (χ4v) is 2.21. The summed E-state index contributed by atoms with van der Waals surface area (Å²) in [5, 5.41) is 8.98. The SMILES string of the molecule is CC(C(=O)O)c1cccc(Oc2ccccc2)c1.CN(C)CCS.Cl. The summed E-state index contributed by atoms with van der Waals surface area (Å²) in [6.07, 6.45) is 0. The van der Waals surface area contributed by atoms with Crippen molar-refractivity contribution >= 4 is 31.0 Å². The van der Waals surface area contributed by atoms with Crippen molar-refractivity contribution in [3.8, 4) is 11.5 Å². The zero-order valence-corrected chi connectivity index (χ0v) is 16.5. The summed E-state index contributed by atoms with van der Waals surface area (Å²) in [6, 6.07) is 16.6. The van der Waals surface area contributed by atoms with E-state index in [1.165, 1.54) is 0 Å². The Morgan fingerprint density at radius 1 is 1.12 bits per heavy atom. The number of carbonyl (C=O) groups is 1. The molecule has 1 atom stereocenters. The first kappa shape index (κ1) is 23.3. The average Bonchev–Trinajstić information content (AvgIpc) is 2.55. The highest BCUT2D eigenvalue weighted by Crippen LogP contribution is 2.25. The lowest BCUT2D eigenvalue weighted by molar-refractivity contribution is -0.138. The Bertz CT molecular complexity index is 623. The van der Waals surface area contributed by atoms with Gasteiger partial charge in [0.2, 0.25) is 0 Å². The molecule has 2 aromatic rings. The van der Waals surface area contributed by atoms with E-state index in [1.54, 1.807) is 25.1 Å². The van der Waals surface area contributed by atoms with E-state index in [-0.39, 0.29) is 12.4 Å². The molecule has 0 radical (unpaired) electrons. The zero-order valence-electron chi connectivity index (χ0n) is 14.8. The Kier molecular flexibility index (Phi) is 11.8. The van der Waals surface area contributed by atoms with Crippen LogP contribution < -0.4 is 4.74 Å². The van der Waals surface area contributed by atoms with Crippen LogP contribution in [-0.4, -0.2) is 42.4 Å². The molecule has 0 saturated carbocycles. The molecule has 138 valence electrons. The molecule has 0 aromatic heterocycles. The molecule has 4 nitrogen and oxygen atoms in total. The van der Waals surface area contributed by atoms with E-state index < -0.39 is 11.9 Å². The van der Waals surface area contributed by atoms with Crippen LogP contribution in [0.4, 0.5) is 0 Å². The summed E-state index contributed by atoms with van der Waals surface area (Å²) < 4.78 is 5.66. The van der Waals surface area contributed by atoms with Crippen LogP contribution in [-0.2, 0) is 4.79 Å². The number of para-hydroxylation sites is 1. The van der Waals surface area contributed by atoms with E-state index in [2.05, 4.69) is 17.5 Å². The first-order valence-electron chi connectivity index (χ1n) is 7.75. The minimum absolute atomic E-state index is 0. The number of halogens is 1. The van der Waals surface area contributed by atoms with Crippen molar-refractivity contribution in [2.45, 2.75) is 12.8 Å². The van der Waals surface area contributed by atoms with Gasteiger partial charge in [-0.1, -0.05) is 30.3 Å². The zero-order chi connectivity index (χ0) is 17.9. The van der Waals surface area contributed by atoms with Crippen molar-refractivity contribution in [3.05, 3.63) is 60.2 Å². The fourth-order valence-electron chi connectivity index (χ4n) is 1.81. The molecule has 2 rings (SSSR count). The van der Waals surface area contributed by atoms with Crippen molar-refractivity contribution < 1.29 is 14.6 Å². The van der Waals surface area contributed by atoms with Crippen LogP contribution in [0.15, 0.2) is 54.6 Å². The van der Waals surface area contributed by atoms with Gasteiger partial charge in [-0.05, 0) is 50.8 Å². The lowest BCUT2D eigenvalue weighted by Gasteiger charge is -2.10. The molecular weight excluding hydrogens is 358 g/mol. The minimum atomic E-state index is -0.841. The highest BCUT2D eigenvalue weighted by atomic mass is 35.5. The van der Waals surface area contributed by atoms with Gasteiger partial charge in [-0.25, -0.2) is 0 Å². The van der Waals surface area contributed by atoms with E-state index in [0.717, 1.165) is 23.6 Å². The monoisotopic (exact) mass is 383 g/mol. The van der Waals surface area contributed by atoms with Crippen LogP contribution in [0.3, 0.4) is 0 Å². The van der Waals surface area contributed by atoms with Crippen molar-refractivity contribution in [2.24, 2.45) is 0 Å². The normalized spacial score (nSPS) is 10.9. The van der Waals surface area contributed by atoms with E-state index in [4.69, 9.17) is 9.84 Å². The number of hydrogen-bond acceptors (Lipinski definition) is 4. The van der Waals surface area contributed by atoms with E-state index in [0.29, 0.717) is 5.75 Å². The lowest BCUT2D eigenvalue weighted by Crippen LogP contribution is -2.13. The minimum Gasteiger partial charge on any atom is -0.481 e. The van der Waals surface area contributed by atoms with E-state index in [9.17, 15) is 4.79 Å². The second kappa shape index (κ2) is 12.6. The Balaban J connectivity index is 0.000000715. The molecule has 0 heterocycles. The molecule has 0 aliphatic carbocycles. The predicted molar refractivity (Wildman–Crippen MR) is 109 cm³/mol. The van der Waals surface area contributed by atoms with Gasteiger partial charge in [-0.15, -0.1) is 12.4 Å². The Morgan fingerprint density at radius 3 is 2.20 bits per heavy atom. The van der Waals surface area contributed by atoms with Gasteiger partial charge >= 0.3 is 5.97 Å². The molecule has 0 saturated heterocycles. The smallest absolute Gasteiger partial charge is 0.310 e. The molecule has 1 unspecified atom stereocenters. The quantitative estimate of drug-likeness (QED) is 0.717. The van der Waals surface area contributed by atoms with Gasteiger partial charge in [-0.3, -0.25) is 4.79 Å². The van der Waals surface area contributed by atoms with Gasteiger partial charge in [0.05, 0.1) is 5.92 Å². The molecule has 0 spiro atoms. The topological polar surface area (TPSA) is 49.8 Å². The molecule has 1 N–H and O–H groups in total. The first-order chi connectivity index (χ1) is 11.4. The first-order valence-corrected chi connectivity index (χ1v) is 8.38. The summed E-state index contributed by atoms with van der Waals surface area (Å²) >= 11 is 4.02. The summed E-state index contributed by atoms with van der Waals surface area (Å²) in [7, 11) is 4.08. The summed E-state index contributed by atoms with van der Waals surface area (Å²) in [6.45, 7) is 2.73. The highest BCUT2D eigenvalue weighted by molar-refractivity contribution is 7.80. The number of carboxylic acid groups (broad SMARTS) is 1. The van der Waals surface area contributed by atoms with Gasteiger partial charge in [0, 0.05) is 12.3 Å². The van der Waals surface area contributed by atoms with Crippen LogP contribution in [0.25, 0.3) is 0 Å². The second-order valence-electron chi connectivity index (χ2n) is 5.57. The summed E-state index contributed by atoms with van der Waals surface area (Å²) in [5.41, 5.74) is 0.732. The van der Waals surface area contributed by atoms with Gasteiger partial charge in [0.25, 0.3) is 0 Å². The van der Waals surface area contributed by atoms with Crippen molar-refractivity contribution in [2.75, 3.05) is 26.4 Å². The number of thiol groups is 1. The summed E-state index contributed by atoms with van der Waals surface area (Å²) in [4.78, 5) is 13.0. The third-order valence-corrected chi connectivity index (χ3v) is 3.45. The number of rotatable bonds is 6.